The van der Waals surface area contributed by atoms with Crippen LogP contribution in [0, 0.1) is 0 Å². The number of nitrogens with one attached hydrogen (secondary N) is 1. The molecule has 0 amide bonds. The fourth-order valence-corrected chi connectivity index (χ4v) is 2.38. The van der Waals surface area contributed by atoms with Crippen molar-refractivity contribution in [1.82, 2.24) is 5.32 Å². The molecule has 126 valence electrons. The molecule has 0 aliphatic rings. The first-order valence-corrected chi connectivity index (χ1v) is 8.02. The molecule has 24 heavy (non-hydrogen) atoms. The van der Waals surface area contributed by atoms with Crippen molar-refractivity contribution in [3.8, 4) is 0 Å². The third kappa shape index (κ3) is 4.77. The van der Waals surface area contributed by atoms with E-state index in [0.717, 1.165) is 5.56 Å². The number of hydrogen-bond donors (Lipinski definition) is 1. The largest absolute Gasteiger partial charge is 0.465 e. The number of benzene rings is 2. The number of methoxy groups -OCH3 is 1. The quantitative estimate of drug-likeness (QED) is 0.624. The number of rotatable bonds is 7. The number of carbonyl (C=O) groups excluding carboxylic acids is 2. The van der Waals surface area contributed by atoms with E-state index in [0.29, 0.717) is 23.6 Å². The molecule has 0 saturated carbocycles. The molecule has 4 heteroatoms. The first kappa shape index (κ1) is 17.9. The van der Waals surface area contributed by atoms with E-state index in [1.54, 1.807) is 24.3 Å². The smallest absolute Gasteiger partial charge is 0.337 e. The number of esters is 1. The maximum atomic E-state index is 12.2. The third-order valence-corrected chi connectivity index (χ3v) is 3.87. The first-order valence-electron chi connectivity index (χ1n) is 8.02. The van der Waals surface area contributed by atoms with E-state index in [9.17, 15) is 9.59 Å². The Morgan fingerprint density at radius 3 is 2.33 bits per heavy atom. The lowest BCUT2D eigenvalue weighted by atomic mass is 10.0. The highest BCUT2D eigenvalue weighted by molar-refractivity contribution is 6.00. The number of ketones is 1. The summed E-state index contributed by atoms with van der Waals surface area (Å²) in [5, 5.41) is 3.15. The zero-order valence-electron chi connectivity index (χ0n) is 14.3. The highest BCUT2D eigenvalue weighted by Gasteiger charge is 2.10. The SMILES string of the molecule is COC(=O)c1cccc(C(=O)CNCc2ccc(C(C)C)cc2)c1. The molecule has 1 N–H and O–H groups in total. The van der Waals surface area contributed by atoms with Crippen molar-refractivity contribution >= 4 is 11.8 Å². The van der Waals surface area contributed by atoms with Crippen molar-refractivity contribution in [3.63, 3.8) is 0 Å². The summed E-state index contributed by atoms with van der Waals surface area (Å²) in [6.07, 6.45) is 0. The Labute approximate surface area is 142 Å². The molecule has 2 aromatic rings. The predicted octanol–water partition coefficient (Wildman–Crippen LogP) is 3.57. The van der Waals surface area contributed by atoms with Crippen molar-refractivity contribution in [2.45, 2.75) is 26.3 Å². The van der Waals surface area contributed by atoms with Crippen LogP contribution in [0.15, 0.2) is 48.5 Å². The van der Waals surface area contributed by atoms with Gasteiger partial charge >= 0.3 is 5.97 Å². The van der Waals surface area contributed by atoms with Gasteiger partial charge in [0.2, 0.25) is 0 Å². The van der Waals surface area contributed by atoms with Crippen molar-refractivity contribution in [2.24, 2.45) is 0 Å². The molecule has 0 saturated heterocycles. The molecule has 0 aliphatic heterocycles. The third-order valence-electron chi connectivity index (χ3n) is 3.87. The van der Waals surface area contributed by atoms with E-state index in [-0.39, 0.29) is 12.3 Å². The Hall–Kier alpha value is -2.46. The van der Waals surface area contributed by atoms with Gasteiger partial charge in [-0.15, -0.1) is 0 Å². The molecule has 0 heterocycles. The van der Waals surface area contributed by atoms with Gasteiger partial charge in [-0.1, -0.05) is 50.2 Å². The van der Waals surface area contributed by atoms with Gasteiger partial charge in [-0.2, -0.15) is 0 Å². The second-order valence-electron chi connectivity index (χ2n) is 6.00. The van der Waals surface area contributed by atoms with E-state index < -0.39 is 5.97 Å². The zero-order chi connectivity index (χ0) is 17.5. The van der Waals surface area contributed by atoms with Crippen LogP contribution in [0.1, 0.15) is 51.6 Å². The van der Waals surface area contributed by atoms with Gasteiger partial charge < -0.3 is 10.1 Å². The summed E-state index contributed by atoms with van der Waals surface area (Å²) in [7, 11) is 1.32. The number of Topliss-reactive ketones (excluding diaryl/α,β-unsaturated/α-hetero) is 1. The van der Waals surface area contributed by atoms with Crippen LogP contribution < -0.4 is 5.32 Å². The van der Waals surface area contributed by atoms with E-state index in [1.807, 2.05) is 0 Å². The topological polar surface area (TPSA) is 55.4 Å². The normalized spacial score (nSPS) is 10.7. The van der Waals surface area contributed by atoms with Gasteiger partial charge in [-0.25, -0.2) is 4.79 Å². The summed E-state index contributed by atoms with van der Waals surface area (Å²) < 4.78 is 4.67. The van der Waals surface area contributed by atoms with Crippen LogP contribution in [0.5, 0.6) is 0 Å². The summed E-state index contributed by atoms with van der Waals surface area (Å²) in [5.74, 6) is 0.0121. The number of ether oxygens (including phenoxy) is 1. The Kier molecular flexibility index (Phi) is 6.27. The second kappa shape index (κ2) is 8.41. The van der Waals surface area contributed by atoms with E-state index in [4.69, 9.17) is 0 Å². The highest BCUT2D eigenvalue weighted by Crippen LogP contribution is 2.14. The fraction of sp³-hybridized carbons (Fsp3) is 0.300. The van der Waals surface area contributed by atoms with Crippen molar-refractivity contribution in [2.75, 3.05) is 13.7 Å². The summed E-state index contributed by atoms with van der Waals surface area (Å²) in [4.78, 5) is 23.7. The molecule has 0 aromatic heterocycles. The Morgan fingerprint density at radius 1 is 1.04 bits per heavy atom. The molecular formula is C20H23NO3. The van der Waals surface area contributed by atoms with Crippen molar-refractivity contribution < 1.29 is 14.3 Å². The van der Waals surface area contributed by atoms with Crippen LogP contribution in [0.4, 0.5) is 0 Å². The van der Waals surface area contributed by atoms with Gasteiger partial charge in [0.15, 0.2) is 5.78 Å². The summed E-state index contributed by atoms with van der Waals surface area (Å²) in [6, 6.07) is 15.0. The Bertz CT molecular complexity index is 705. The Balaban J connectivity index is 1.90. The minimum Gasteiger partial charge on any atom is -0.465 e. The summed E-state index contributed by atoms with van der Waals surface area (Å²) >= 11 is 0. The molecule has 4 nitrogen and oxygen atoms in total. The average Bonchev–Trinajstić information content (AvgIpc) is 2.61. The van der Waals surface area contributed by atoms with Crippen LogP contribution in [0.3, 0.4) is 0 Å². The van der Waals surface area contributed by atoms with E-state index >= 15 is 0 Å². The van der Waals surface area contributed by atoms with Crippen LogP contribution >= 0.6 is 0 Å². The maximum Gasteiger partial charge on any atom is 0.337 e. The lowest BCUT2D eigenvalue weighted by Crippen LogP contribution is -2.22. The van der Waals surface area contributed by atoms with Gasteiger partial charge in [-0.3, -0.25) is 4.79 Å². The number of hydrogen-bond acceptors (Lipinski definition) is 4. The molecule has 2 aromatic carbocycles. The number of carbonyl (C=O) groups is 2. The average molecular weight is 325 g/mol. The molecule has 2 rings (SSSR count). The highest BCUT2D eigenvalue weighted by atomic mass is 16.5. The van der Waals surface area contributed by atoms with Gasteiger partial charge in [0.25, 0.3) is 0 Å². The van der Waals surface area contributed by atoms with Crippen LogP contribution in [0.25, 0.3) is 0 Å². The van der Waals surface area contributed by atoms with Gasteiger partial charge in [0.05, 0.1) is 19.2 Å². The lowest BCUT2D eigenvalue weighted by molar-refractivity contribution is 0.0600. The van der Waals surface area contributed by atoms with Crippen LogP contribution in [0.2, 0.25) is 0 Å². The standard InChI is InChI=1S/C20H23NO3/c1-14(2)16-9-7-15(8-10-16)12-21-13-19(22)17-5-4-6-18(11-17)20(23)24-3/h4-11,14,21H,12-13H2,1-3H3. The van der Waals surface area contributed by atoms with Crippen LogP contribution in [-0.4, -0.2) is 25.4 Å². The molecule has 0 unspecified atom stereocenters. The van der Waals surface area contributed by atoms with Gasteiger partial charge in [0, 0.05) is 12.1 Å². The second-order valence-corrected chi connectivity index (χ2v) is 6.00. The summed E-state index contributed by atoms with van der Waals surface area (Å²) in [5.41, 5.74) is 3.32. The van der Waals surface area contributed by atoms with Crippen molar-refractivity contribution in [3.05, 3.63) is 70.8 Å². The molecule has 0 bridgehead atoms. The molecular weight excluding hydrogens is 302 g/mol. The van der Waals surface area contributed by atoms with E-state index in [2.05, 4.69) is 48.2 Å². The fourth-order valence-electron chi connectivity index (χ4n) is 2.38. The van der Waals surface area contributed by atoms with Crippen LogP contribution in [-0.2, 0) is 11.3 Å². The monoisotopic (exact) mass is 325 g/mol. The predicted molar refractivity (Wildman–Crippen MR) is 94.3 cm³/mol. The van der Waals surface area contributed by atoms with Crippen molar-refractivity contribution in [1.29, 1.82) is 0 Å². The molecule has 0 spiro atoms. The molecule has 0 aliphatic carbocycles. The van der Waals surface area contributed by atoms with Gasteiger partial charge in [-0.05, 0) is 29.2 Å². The first-order chi connectivity index (χ1) is 11.5. The molecule has 0 radical (unpaired) electrons. The zero-order valence-corrected chi connectivity index (χ0v) is 14.3. The Morgan fingerprint density at radius 2 is 1.71 bits per heavy atom. The minimum absolute atomic E-state index is 0.0560. The summed E-state index contributed by atoms with van der Waals surface area (Å²) in [6.45, 7) is 5.17. The minimum atomic E-state index is -0.442. The van der Waals surface area contributed by atoms with Gasteiger partial charge in [0.1, 0.15) is 0 Å². The molecule has 0 fully saturated rings. The lowest BCUT2D eigenvalue weighted by Gasteiger charge is -2.08. The molecule has 0 atom stereocenters. The maximum absolute atomic E-state index is 12.2. The van der Waals surface area contributed by atoms with E-state index in [1.165, 1.54) is 12.7 Å².